The summed E-state index contributed by atoms with van der Waals surface area (Å²) in [4.78, 5) is 27.5. The largest absolute Gasteiger partial charge is 0.462 e. The van der Waals surface area contributed by atoms with Gasteiger partial charge in [0.1, 0.15) is 41.3 Å². The minimum atomic E-state index is -1.42. The minimum absolute atomic E-state index is 0.212. The van der Waals surface area contributed by atoms with E-state index >= 15 is 0 Å². The number of hydrogen-bond acceptors (Lipinski definition) is 9. The van der Waals surface area contributed by atoms with Gasteiger partial charge in [0.15, 0.2) is 16.8 Å². The number of nitrogens with one attached hydrogen (secondary N) is 1. The van der Waals surface area contributed by atoms with E-state index in [1.807, 2.05) is 0 Å². The van der Waals surface area contributed by atoms with E-state index in [0.29, 0.717) is 22.6 Å². The van der Waals surface area contributed by atoms with E-state index in [9.17, 15) is 24.9 Å². The number of hydrogen-bond donors (Lipinski definition) is 4. The molecule has 0 spiro atoms. The van der Waals surface area contributed by atoms with Crippen LogP contribution in [-0.2, 0) is 9.53 Å². The fourth-order valence-electron chi connectivity index (χ4n) is 3.36. The van der Waals surface area contributed by atoms with Crippen LogP contribution in [0.15, 0.2) is 45.6 Å². The Kier molecular flexibility index (Phi) is 5.39. The molecule has 10 nitrogen and oxygen atoms in total. The van der Waals surface area contributed by atoms with Gasteiger partial charge in [-0.25, -0.2) is 4.98 Å². The summed E-state index contributed by atoms with van der Waals surface area (Å²) in [7, 11) is 0. The number of fused-ring (bicyclic) bond motifs is 2. The number of aliphatic hydroxyl groups is 3. The molecule has 0 aromatic heterocycles. The van der Waals surface area contributed by atoms with Crippen LogP contribution in [0.1, 0.15) is 6.92 Å². The van der Waals surface area contributed by atoms with Crippen molar-refractivity contribution in [1.29, 1.82) is 0 Å². The molecule has 1 fully saturated rings. The maximum absolute atomic E-state index is 11.6. The van der Waals surface area contributed by atoms with Crippen molar-refractivity contribution >= 4 is 17.0 Å². The lowest BCUT2D eigenvalue weighted by molar-refractivity contribution is -0.244. The molecule has 10 heteroatoms. The lowest BCUT2D eigenvalue weighted by Gasteiger charge is -2.42. The molecular formula is C20H20N2O8. The summed E-state index contributed by atoms with van der Waals surface area (Å²) in [6.07, 6.45) is -5.11. The number of aromatic nitrogens is 1. The maximum atomic E-state index is 11.6. The zero-order valence-corrected chi connectivity index (χ0v) is 15.9. The number of carbonyl (C=O) groups is 1. The molecule has 2 heterocycles. The van der Waals surface area contributed by atoms with Crippen LogP contribution in [0.5, 0.6) is 5.75 Å². The van der Waals surface area contributed by atoms with Gasteiger partial charge >= 0.3 is 0 Å². The number of rotatable bonds is 4. The van der Waals surface area contributed by atoms with E-state index in [1.165, 1.54) is 25.1 Å². The molecule has 0 saturated carbocycles. The van der Waals surface area contributed by atoms with Gasteiger partial charge < -0.3 is 34.5 Å². The third kappa shape index (κ3) is 3.85. The van der Waals surface area contributed by atoms with Crippen LogP contribution in [-0.4, -0.2) is 63.5 Å². The molecule has 2 aliphatic heterocycles. The Morgan fingerprint density at radius 1 is 1.20 bits per heavy atom. The first-order chi connectivity index (χ1) is 14.4. The van der Waals surface area contributed by atoms with Crippen LogP contribution in [0.25, 0.3) is 22.6 Å². The van der Waals surface area contributed by atoms with Gasteiger partial charge in [-0.05, 0) is 24.3 Å². The van der Waals surface area contributed by atoms with E-state index in [1.54, 1.807) is 18.2 Å². The van der Waals surface area contributed by atoms with E-state index in [0.717, 1.165) is 0 Å². The van der Waals surface area contributed by atoms with Crippen molar-refractivity contribution in [1.82, 2.24) is 10.3 Å². The maximum Gasteiger partial charge on any atom is 0.223 e. The number of amides is 1. The summed E-state index contributed by atoms with van der Waals surface area (Å²) in [5.74, 6) is 0.130. The molecule has 1 amide bonds. The predicted octanol–water partition coefficient (Wildman–Crippen LogP) is -0.385. The van der Waals surface area contributed by atoms with Gasteiger partial charge in [0.05, 0.1) is 6.61 Å². The summed E-state index contributed by atoms with van der Waals surface area (Å²) in [6, 6.07) is 7.98. The number of ether oxygens (including phenoxy) is 2. The standard InChI is InChI=1S/C20H20N2O8/c1-9(24)21-17-19(27)18(26)16(8-23)30-20(17)28-11-3-5-13-15(7-11)29-14-6-10(25)2-4-12(14)22-13/h2-7,16-20,23,26-27H,8H2,1H3,(H,21,24)/t16?,17?,18-,19?,20-/m1/s1. The van der Waals surface area contributed by atoms with Crippen LogP contribution in [0.4, 0.5) is 0 Å². The topological polar surface area (TPSA) is 151 Å². The molecule has 5 atom stereocenters. The normalized spacial score (nSPS) is 26.6. The second kappa shape index (κ2) is 8.00. The van der Waals surface area contributed by atoms with Crippen molar-refractivity contribution in [3.63, 3.8) is 0 Å². The average Bonchev–Trinajstić information content (AvgIpc) is 2.71. The number of benzene rings is 2. The molecule has 158 valence electrons. The first kappa shape index (κ1) is 20.2. The van der Waals surface area contributed by atoms with Gasteiger partial charge in [0, 0.05) is 19.1 Å². The summed E-state index contributed by atoms with van der Waals surface area (Å²) < 4.78 is 17.1. The quantitative estimate of drug-likeness (QED) is 0.417. The second-order valence-electron chi connectivity index (χ2n) is 7.02. The van der Waals surface area contributed by atoms with Crippen LogP contribution in [0.3, 0.4) is 0 Å². The smallest absolute Gasteiger partial charge is 0.223 e. The SMILES string of the molecule is CC(=O)NC1C(O)[C@H](O)C(CO)O[C@H]1Oc1ccc2nc3ccc(=O)cc-3oc2c1. The molecule has 4 rings (SSSR count). The molecule has 1 aromatic rings. The molecule has 3 unspecified atom stereocenters. The van der Waals surface area contributed by atoms with Crippen molar-refractivity contribution in [3.8, 4) is 17.2 Å². The molecular weight excluding hydrogens is 396 g/mol. The minimum Gasteiger partial charge on any atom is -0.462 e. The van der Waals surface area contributed by atoms with Crippen LogP contribution in [0.2, 0.25) is 0 Å². The van der Waals surface area contributed by atoms with E-state index < -0.39 is 43.2 Å². The highest BCUT2D eigenvalue weighted by Crippen LogP contribution is 2.29. The van der Waals surface area contributed by atoms with Gasteiger partial charge in [0.2, 0.25) is 12.2 Å². The van der Waals surface area contributed by atoms with E-state index in [2.05, 4.69) is 10.3 Å². The Morgan fingerprint density at radius 2 is 2.00 bits per heavy atom. The average molecular weight is 416 g/mol. The molecule has 1 aliphatic carbocycles. The van der Waals surface area contributed by atoms with Crippen molar-refractivity contribution in [2.24, 2.45) is 0 Å². The van der Waals surface area contributed by atoms with Gasteiger partial charge in [-0.2, -0.15) is 0 Å². The highest BCUT2D eigenvalue weighted by atomic mass is 16.7. The zero-order valence-electron chi connectivity index (χ0n) is 15.9. The first-order valence-electron chi connectivity index (χ1n) is 9.26. The summed E-state index contributed by atoms with van der Waals surface area (Å²) >= 11 is 0. The Hall–Kier alpha value is -3.05. The summed E-state index contributed by atoms with van der Waals surface area (Å²) in [5, 5.41) is 32.3. The van der Waals surface area contributed by atoms with E-state index in [-0.39, 0.29) is 11.2 Å². The lowest BCUT2D eigenvalue weighted by Crippen LogP contribution is -2.65. The first-order valence-corrected chi connectivity index (χ1v) is 9.26. The van der Waals surface area contributed by atoms with E-state index in [4.69, 9.17) is 13.9 Å². The molecule has 0 bridgehead atoms. The van der Waals surface area contributed by atoms with Gasteiger partial charge in [-0.15, -0.1) is 0 Å². The van der Waals surface area contributed by atoms with Crippen molar-refractivity contribution < 1.29 is 34.0 Å². The summed E-state index contributed by atoms with van der Waals surface area (Å²) in [6.45, 7) is 0.704. The van der Waals surface area contributed by atoms with Gasteiger partial charge in [-0.3, -0.25) is 9.59 Å². The second-order valence-corrected chi connectivity index (χ2v) is 7.02. The Labute approximate surface area is 170 Å². The monoisotopic (exact) mass is 416 g/mol. The van der Waals surface area contributed by atoms with Crippen molar-refractivity contribution in [2.45, 2.75) is 37.6 Å². The molecule has 3 aliphatic rings. The van der Waals surface area contributed by atoms with Crippen molar-refractivity contribution in [3.05, 3.63) is 46.6 Å². The summed E-state index contributed by atoms with van der Waals surface area (Å²) in [5.41, 5.74) is 1.19. The molecule has 30 heavy (non-hydrogen) atoms. The van der Waals surface area contributed by atoms with Crippen LogP contribution in [0, 0.1) is 0 Å². The fraction of sp³-hybridized carbons (Fsp3) is 0.350. The number of carbonyl (C=O) groups excluding carboxylic acids is 1. The van der Waals surface area contributed by atoms with Gasteiger partial charge in [0.25, 0.3) is 0 Å². The number of aliphatic hydroxyl groups excluding tert-OH is 3. The van der Waals surface area contributed by atoms with Gasteiger partial charge in [-0.1, -0.05) is 0 Å². The molecule has 1 aromatic carbocycles. The third-order valence-electron chi connectivity index (χ3n) is 4.83. The Bertz CT molecular complexity index is 1100. The zero-order chi connectivity index (χ0) is 21.4. The third-order valence-corrected chi connectivity index (χ3v) is 4.83. The highest BCUT2D eigenvalue weighted by molar-refractivity contribution is 5.77. The van der Waals surface area contributed by atoms with Crippen LogP contribution >= 0.6 is 0 Å². The highest BCUT2D eigenvalue weighted by Gasteiger charge is 2.46. The number of nitrogens with zero attached hydrogens (tertiary/aromatic N) is 1. The molecule has 4 N–H and O–H groups in total. The lowest BCUT2D eigenvalue weighted by atomic mass is 9.97. The van der Waals surface area contributed by atoms with Crippen LogP contribution < -0.4 is 15.5 Å². The Morgan fingerprint density at radius 3 is 2.73 bits per heavy atom. The fourth-order valence-corrected chi connectivity index (χ4v) is 3.36. The Balaban J connectivity index is 1.66. The predicted molar refractivity (Wildman–Crippen MR) is 103 cm³/mol. The molecule has 0 radical (unpaired) electrons. The molecule has 1 saturated heterocycles. The van der Waals surface area contributed by atoms with Crippen molar-refractivity contribution in [2.75, 3.05) is 6.61 Å².